The molecule has 2 heterocycles. The fourth-order valence-corrected chi connectivity index (χ4v) is 5.18. The zero-order valence-electron chi connectivity index (χ0n) is 21.4. The Bertz CT molecular complexity index is 1560. The molecule has 8 nitrogen and oxygen atoms in total. The molecule has 192 valence electrons. The van der Waals surface area contributed by atoms with Crippen molar-refractivity contribution in [3.63, 3.8) is 0 Å². The van der Waals surface area contributed by atoms with Crippen LogP contribution >= 0.6 is 11.3 Å². The number of rotatable bonds is 7. The zero-order valence-corrected chi connectivity index (χ0v) is 22.2. The Morgan fingerprint density at radius 2 is 1.78 bits per heavy atom. The van der Waals surface area contributed by atoms with Crippen LogP contribution in [0.1, 0.15) is 50.4 Å². The van der Waals surface area contributed by atoms with E-state index in [1.54, 1.807) is 42.7 Å². The number of hydrogen-bond donors (Lipinski definition) is 0. The fraction of sp³-hybridized carbons (Fsp3) is 0.286. The largest absolute Gasteiger partial charge is 0.490 e. The first-order valence-corrected chi connectivity index (χ1v) is 12.8. The minimum absolute atomic E-state index is 0.214. The average molecular weight is 521 g/mol. The minimum Gasteiger partial charge on any atom is -0.490 e. The van der Waals surface area contributed by atoms with Crippen LogP contribution in [-0.2, 0) is 14.3 Å². The van der Waals surface area contributed by atoms with Gasteiger partial charge in [-0.15, -0.1) is 0 Å². The molecule has 1 aliphatic rings. The van der Waals surface area contributed by atoms with E-state index < -0.39 is 18.0 Å². The van der Waals surface area contributed by atoms with Crippen LogP contribution in [0.15, 0.2) is 63.5 Å². The number of esters is 2. The van der Waals surface area contributed by atoms with Crippen molar-refractivity contribution in [2.24, 2.45) is 4.99 Å². The maximum Gasteiger partial charge on any atom is 0.338 e. The van der Waals surface area contributed by atoms with Crippen molar-refractivity contribution in [1.29, 1.82) is 0 Å². The van der Waals surface area contributed by atoms with Crippen molar-refractivity contribution in [3.05, 3.63) is 90.1 Å². The number of aromatic nitrogens is 1. The van der Waals surface area contributed by atoms with E-state index in [4.69, 9.17) is 14.2 Å². The maximum atomic E-state index is 13.7. The summed E-state index contributed by atoms with van der Waals surface area (Å²) >= 11 is 1.24. The molecule has 1 aliphatic heterocycles. The quantitative estimate of drug-likeness (QED) is 0.350. The van der Waals surface area contributed by atoms with Crippen LogP contribution in [0.4, 0.5) is 0 Å². The monoisotopic (exact) mass is 520 g/mol. The highest BCUT2D eigenvalue weighted by Crippen LogP contribution is 2.31. The molecule has 0 unspecified atom stereocenters. The van der Waals surface area contributed by atoms with Crippen LogP contribution in [0.2, 0.25) is 0 Å². The van der Waals surface area contributed by atoms with Crippen LogP contribution in [0.5, 0.6) is 11.5 Å². The fourth-order valence-electron chi connectivity index (χ4n) is 4.13. The molecular formula is C28H28N2O6S. The molecule has 0 bridgehead atoms. The number of thiazole rings is 1. The number of fused-ring (bicyclic) bond motifs is 1. The van der Waals surface area contributed by atoms with Crippen LogP contribution < -0.4 is 24.4 Å². The number of hydrogen-bond acceptors (Lipinski definition) is 8. The van der Waals surface area contributed by atoms with Crippen LogP contribution in [0.3, 0.4) is 0 Å². The number of carbonyl (C=O) groups is 2. The Balaban J connectivity index is 1.88. The van der Waals surface area contributed by atoms with Gasteiger partial charge in [-0.05, 0) is 57.0 Å². The third kappa shape index (κ3) is 5.41. The third-order valence-electron chi connectivity index (χ3n) is 5.73. The molecule has 4 rings (SSSR count). The molecule has 0 aliphatic carbocycles. The van der Waals surface area contributed by atoms with Crippen LogP contribution in [0, 0.1) is 6.92 Å². The van der Waals surface area contributed by atoms with Gasteiger partial charge in [0.05, 0.1) is 35.1 Å². The van der Waals surface area contributed by atoms with Crippen LogP contribution in [-0.4, -0.2) is 29.7 Å². The Hall–Kier alpha value is -3.98. The van der Waals surface area contributed by atoms with Crippen LogP contribution in [0.25, 0.3) is 6.08 Å². The molecule has 0 N–H and O–H groups in total. The number of carbonyl (C=O) groups excluding carboxylic acids is 2. The van der Waals surface area contributed by atoms with E-state index in [1.165, 1.54) is 18.3 Å². The second kappa shape index (κ2) is 11.0. The van der Waals surface area contributed by atoms with Crippen molar-refractivity contribution in [2.75, 3.05) is 13.2 Å². The van der Waals surface area contributed by atoms with E-state index >= 15 is 0 Å². The number of allylic oxidation sites excluding steroid dienone is 1. The van der Waals surface area contributed by atoms with E-state index in [9.17, 15) is 14.4 Å². The molecule has 9 heteroatoms. The van der Waals surface area contributed by atoms with Crippen molar-refractivity contribution >= 4 is 29.4 Å². The summed E-state index contributed by atoms with van der Waals surface area (Å²) < 4.78 is 18.2. The number of aryl methyl sites for hydroxylation is 1. The Morgan fingerprint density at radius 3 is 2.43 bits per heavy atom. The molecule has 0 amide bonds. The molecule has 0 saturated heterocycles. The normalized spacial score (nSPS) is 15.2. The second-order valence-corrected chi connectivity index (χ2v) is 9.45. The molecule has 3 aromatic rings. The molecule has 0 saturated carbocycles. The summed E-state index contributed by atoms with van der Waals surface area (Å²) in [6.07, 6.45) is 1.74. The average Bonchev–Trinajstić information content (AvgIpc) is 3.14. The molecular weight excluding hydrogens is 492 g/mol. The third-order valence-corrected chi connectivity index (χ3v) is 6.71. The molecule has 0 radical (unpaired) electrons. The van der Waals surface area contributed by atoms with Crippen molar-refractivity contribution < 1.29 is 23.8 Å². The lowest BCUT2D eigenvalue weighted by Crippen LogP contribution is -2.39. The summed E-state index contributed by atoms with van der Waals surface area (Å²) in [5.41, 5.74) is 3.13. The molecule has 37 heavy (non-hydrogen) atoms. The number of nitrogens with zero attached hydrogens (tertiary/aromatic N) is 2. The molecule has 0 fully saturated rings. The summed E-state index contributed by atoms with van der Waals surface area (Å²) in [7, 11) is 0. The lowest BCUT2D eigenvalue weighted by molar-refractivity contribution is -0.139. The van der Waals surface area contributed by atoms with Gasteiger partial charge in [0.1, 0.15) is 0 Å². The summed E-state index contributed by atoms with van der Waals surface area (Å²) in [4.78, 5) is 43.2. The predicted octanol–water partition coefficient (Wildman–Crippen LogP) is 3.43. The zero-order chi connectivity index (χ0) is 26.7. The molecule has 1 atom stereocenters. The van der Waals surface area contributed by atoms with Gasteiger partial charge in [-0.3, -0.25) is 14.2 Å². The number of benzene rings is 2. The Morgan fingerprint density at radius 1 is 1.05 bits per heavy atom. The van der Waals surface area contributed by atoms with Crippen molar-refractivity contribution in [3.8, 4) is 11.5 Å². The topological polar surface area (TPSA) is 96.2 Å². The highest BCUT2D eigenvalue weighted by molar-refractivity contribution is 7.07. The second-order valence-electron chi connectivity index (χ2n) is 8.45. The summed E-state index contributed by atoms with van der Waals surface area (Å²) in [6.45, 7) is 9.22. The maximum absolute atomic E-state index is 13.7. The Kier molecular flexibility index (Phi) is 7.73. The van der Waals surface area contributed by atoms with Gasteiger partial charge in [-0.25, -0.2) is 9.79 Å². The van der Waals surface area contributed by atoms with Gasteiger partial charge in [0.15, 0.2) is 16.3 Å². The van der Waals surface area contributed by atoms with Gasteiger partial charge in [0.25, 0.3) is 5.56 Å². The molecule has 2 aromatic carbocycles. The predicted molar refractivity (Wildman–Crippen MR) is 140 cm³/mol. The lowest BCUT2D eigenvalue weighted by Gasteiger charge is -2.24. The van der Waals surface area contributed by atoms with E-state index in [0.717, 1.165) is 11.1 Å². The summed E-state index contributed by atoms with van der Waals surface area (Å²) in [6, 6.07) is 12.1. The van der Waals surface area contributed by atoms with E-state index in [0.29, 0.717) is 44.3 Å². The lowest BCUT2D eigenvalue weighted by atomic mass is 9.95. The van der Waals surface area contributed by atoms with E-state index in [1.807, 2.05) is 38.1 Å². The standard InChI is InChI=1S/C28H28N2O6S/c1-6-34-22-14-19(10-13-21(22)36-18(5)31)15-23-26(32)30-25(20-11-8-16(3)9-12-20)24(27(33)35-7-2)17(4)29-28(30)37-23/h8-15,25H,6-7H2,1-5H3/b23-15+/t25-/m1/s1. The van der Waals surface area contributed by atoms with Gasteiger partial charge in [0.2, 0.25) is 0 Å². The molecule has 1 aromatic heterocycles. The highest BCUT2D eigenvalue weighted by atomic mass is 32.1. The SMILES string of the molecule is CCOC(=O)C1=C(C)N=c2s/c(=C/c3ccc(OC(C)=O)c(OCC)c3)c(=O)n2[C@@H]1c1ccc(C)cc1. The van der Waals surface area contributed by atoms with Gasteiger partial charge in [0, 0.05) is 6.92 Å². The first-order chi connectivity index (χ1) is 17.7. The smallest absolute Gasteiger partial charge is 0.338 e. The minimum atomic E-state index is -0.664. The molecule has 0 spiro atoms. The van der Waals surface area contributed by atoms with Gasteiger partial charge in [-0.1, -0.05) is 47.2 Å². The summed E-state index contributed by atoms with van der Waals surface area (Å²) in [5, 5.41) is 0. The van der Waals surface area contributed by atoms with Gasteiger partial charge < -0.3 is 14.2 Å². The Labute approximate surface area is 218 Å². The van der Waals surface area contributed by atoms with E-state index in [2.05, 4.69) is 4.99 Å². The first kappa shape index (κ1) is 26.1. The number of ether oxygens (including phenoxy) is 3. The first-order valence-electron chi connectivity index (χ1n) is 11.9. The van der Waals surface area contributed by atoms with Crippen molar-refractivity contribution in [1.82, 2.24) is 4.57 Å². The van der Waals surface area contributed by atoms with Gasteiger partial charge >= 0.3 is 11.9 Å². The van der Waals surface area contributed by atoms with Crippen molar-refractivity contribution in [2.45, 2.75) is 40.7 Å². The van der Waals surface area contributed by atoms with E-state index in [-0.39, 0.29) is 12.2 Å². The highest BCUT2D eigenvalue weighted by Gasteiger charge is 2.33. The van der Waals surface area contributed by atoms with Gasteiger partial charge in [-0.2, -0.15) is 0 Å². The summed E-state index contributed by atoms with van der Waals surface area (Å²) in [5.74, 6) is -0.240.